The van der Waals surface area contributed by atoms with Gasteiger partial charge < -0.3 is 14.4 Å². The highest BCUT2D eigenvalue weighted by Crippen LogP contribution is 2.61. The third kappa shape index (κ3) is 1.85. The maximum atomic E-state index is 13.2. The molecule has 1 aromatic rings. The van der Waals surface area contributed by atoms with Crippen LogP contribution in [-0.4, -0.2) is 42.8 Å². The topological polar surface area (TPSA) is 72.9 Å². The van der Waals surface area contributed by atoms with Gasteiger partial charge in [-0.05, 0) is 49.4 Å². The molecule has 1 amide bonds. The molecule has 1 saturated carbocycles. The van der Waals surface area contributed by atoms with Gasteiger partial charge in [0.1, 0.15) is 5.75 Å². The maximum Gasteiger partial charge on any atom is 0.323 e. The Morgan fingerprint density at radius 1 is 1.23 bits per heavy atom. The van der Waals surface area contributed by atoms with Crippen molar-refractivity contribution >= 4 is 17.7 Å². The number of benzene rings is 1. The van der Waals surface area contributed by atoms with E-state index in [0.717, 1.165) is 24.0 Å². The molecule has 1 aromatic carbocycles. The molecule has 0 bridgehead atoms. The Labute approximate surface area is 152 Å². The molecule has 138 valence electrons. The number of carbonyl (C=O) groups is 3. The largest absolute Gasteiger partial charge is 0.497 e. The summed E-state index contributed by atoms with van der Waals surface area (Å²) < 4.78 is 10.7. The first-order chi connectivity index (χ1) is 12.5. The molecule has 0 N–H and O–H groups in total. The number of amides is 1. The van der Waals surface area contributed by atoms with Crippen molar-refractivity contribution in [3.63, 3.8) is 0 Å². The standard InChI is InChI=1S/C20H23NO5/c1-3-26-18(24)19-9-4-5-10-20(19)15-12-14(25-2)7-6-13(15)8-11-21(20)17(23)16(19)22/h6-7,12H,3-5,8-11H2,1-2H3/t19-,20+/m0/s1. The van der Waals surface area contributed by atoms with E-state index in [9.17, 15) is 14.4 Å². The molecule has 1 aliphatic carbocycles. The van der Waals surface area contributed by atoms with Crippen LogP contribution in [0.5, 0.6) is 5.75 Å². The Hall–Kier alpha value is -2.37. The van der Waals surface area contributed by atoms with Gasteiger partial charge in [0.25, 0.3) is 5.91 Å². The van der Waals surface area contributed by atoms with Crippen molar-refractivity contribution in [2.45, 2.75) is 44.6 Å². The summed E-state index contributed by atoms with van der Waals surface area (Å²) in [6, 6.07) is 5.77. The summed E-state index contributed by atoms with van der Waals surface area (Å²) in [5.41, 5.74) is -0.455. The predicted molar refractivity (Wildman–Crippen MR) is 92.6 cm³/mol. The third-order valence-electron chi connectivity index (χ3n) is 6.33. The van der Waals surface area contributed by atoms with Gasteiger partial charge in [0.05, 0.1) is 19.3 Å². The van der Waals surface area contributed by atoms with E-state index in [0.29, 0.717) is 31.6 Å². The fraction of sp³-hybridized carbons (Fsp3) is 0.550. The van der Waals surface area contributed by atoms with Crippen molar-refractivity contribution in [1.82, 2.24) is 4.90 Å². The third-order valence-corrected chi connectivity index (χ3v) is 6.33. The van der Waals surface area contributed by atoms with Crippen LogP contribution in [0.3, 0.4) is 0 Å². The lowest BCUT2D eigenvalue weighted by atomic mass is 9.56. The van der Waals surface area contributed by atoms with Crippen molar-refractivity contribution in [3.05, 3.63) is 29.3 Å². The normalized spacial score (nSPS) is 29.7. The Morgan fingerprint density at radius 3 is 2.73 bits per heavy atom. The minimum absolute atomic E-state index is 0.184. The number of rotatable bonds is 3. The van der Waals surface area contributed by atoms with E-state index in [4.69, 9.17) is 9.47 Å². The maximum absolute atomic E-state index is 13.2. The van der Waals surface area contributed by atoms with Gasteiger partial charge in [-0.3, -0.25) is 14.4 Å². The van der Waals surface area contributed by atoms with Gasteiger partial charge >= 0.3 is 5.97 Å². The van der Waals surface area contributed by atoms with Crippen molar-refractivity contribution in [2.75, 3.05) is 20.3 Å². The SMILES string of the molecule is CCOC(=O)[C@@]12CCCC[C@@]13c1cc(OC)ccc1CCN3C(=O)C2=O. The van der Waals surface area contributed by atoms with Crippen molar-refractivity contribution < 1.29 is 23.9 Å². The van der Waals surface area contributed by atoms with Gasteiger partial charge in [-0.25, -0.2) is 0 Å². The van der Waals surface area contributed by atoms with E-state index in [-0.39, 0.29) is 6.61 Å². The minimum atomic E-state index is -1.44. The molecule has 1 spiro atoms. The summed E-state index contributed by atoms with van der Waals surface area (Å²) in [6.45, 7) is 2.36. The minimum Gasteiger partial charge on any atom is -0.497 e. The molecular formula is C20H23NO5. The fourth-order valence-electron chi connectivity index (χ4n) is 5.27. The molecule has 4 rings (SSSR count). The number of carbonyl (C=O) groups excluding carboxylic acids is 3. The second-order valence-electron chi connectivity index (χ2n) is 7.25. The van der Waals surface area contributed by atoms with Crippen LogP contribution in [0.2, 0.25) is 0 Å². The lowest BCUT2D eigenvalue weighted by Crippen LogP contribution is -2.60. The number of ketones is 1. The van der Waals surface area contributed by atoms with Crippen molar-refractivity contribution in [2.24, 2.45) is 5.41 Å². The van der Waals surface area contributed by atoms with Crippen LogP contribution in [0, 0.1) is 5.41 Å². The quantitative estimate of drug-likeness (QED) is 0.470. The zero-order valence-electron chi connectivity index (χ0n) is 15.2. The summed E-state index contributed by atoms with van der Waals surface area (Å²) in [7, 11) is 1.59. The van der Waals surface area contributed by atoms with Gasteiger partial charge in [-0.15, -0.1) is 0 Å². The monoisotopic (exact) mass is 357 g/mol. The summed E-state index contributed by atoms with van der Waals surface area (Å²) in [4.78, 5) is 40.9. The zero-order valence-corrected chi connectivity index (χ0v) is 15.2. The highest BCUT2D eigenvalue weighted by Gasteiger charge is 2.74. The van der Waals surface area contributed by atoms with Crippen LogP contribution < -0.4 is 4.74 Å². The van der Waals surface area contributed by atoms with E-state index >= 15 is 0 Å². The summed E-state index contributed by atoms with van der Waals surface area (Å²) in [5.74, 6) is -1.05. The average molecular weight is 357 g/mol. The molecule has 6 nitrogen and oxygen atoms in total. The molecule has 2 aliphatic heterocycles. The number of methoxy groups -OCH3 is 1. The number of fused-ring (bicyclic) bond motifs is 1. The number of Topliss-reactive ketones (excluding diaryl/α,β-unsaturated/α-hetero) is 1. The van der Waals surface area contributed by atoms with Crippen LogP contribution in [-0.2, 0) is 31.1 Å². The molecule has 2 fully saturated rings. The number of ether oxygens (including phenoxy) is 2. The summed E-state index contributed by atoms with van der Waals surface area (Å²) in [6.07, 6.45) is 3.19. The molecule has 0 unspecified atom stereocenters. The van der Waals surface area contributed by atoms with Gasteiger partial charge in [0.2, 0.25) is 5.78 Å². The van der Waals surface area contributed by atoms with Crippen LogP contribution in [0.1, 0.15) is 43.7 Å². The first kappa shape index (κ1) is 17.1. The highest BCUT2D eigenvalue weighted by molar-refractivity contribution is 6.45. The van der Waals surface area contributed by atoms with Gasteiger partial charge in [-0.2, -0.15) is 0 Å². The summed E-state index contributed by atoms with van der Waals surface area (Å²) in [5, 5.41) is 0. The molecule has 0 aromatic heterocycles. The van der Waals surface area contributed by atoms with E-state index in [1.807, 2.05) is 18.2 Å². The molecule has 0 radical (unpaired) electrons. The smallest absolute Gasteiger partial charge is 0.323 e. The van der Waals surface area contributed by atoms with Crippen LogP contribution in [0.25, 0.3) is 0 Å². The summed E-state index contributed by atoms with van der Waals surface area (Å²) >= 11 is 0. The Balaban J connectivity index is 2.02. The van der Waals surface area contributed by atoms with Gasteiger partial charge in [-0.1, -0.05) is 18.9 Å². The Bertz CT molecular complexity index is 803. The van der Waals surface area contributed by atoms with Gasteiger partial charge in [0.15, 0.2) is 5.41 Å². The first-order valence-electron chi connectivity index (χ1n) is 9.24. The van der Waals surface area contributed by atoms with E-state index in [1.54, 1.807) is 18.9 Å². The molecule has 3 aliphatic rings. The second kappa shape index (κ2) is 5.83. The lowest BCUT2D eigenvalue weighted by molar-refractivity contribution is -0.169. The zero-order chi connectivity index (χ0) is 18.5. The Kier molecular flexibility index (Phi) is 3.82. The van der Waals surface area contributed by atoms with Crippen molar-refractivity contribution in [1.29, 1.82) is 0 Å². The fourth-order valence-corrected chi connectivity index (χ4v) is 5.27. The lowest BCUT2D eigenvalue weighted by Gasteiger charge is -2.52. The predicted octanol–water partition coefficient (Wildman–Crippen LogP) is 1.98. The number of nitrogens with zero attached hydrogens (tertiary/aromatic N) is 1. The molecule has 2 atom stereocenters. The Morgan fingerprint density at radius 2 is 2.00 bits per heavy atom. The molecule has 26 heavy (non-hydrogen) atoms. The van der Waals surface area contributed by atoms with Crippen LogP contribution >= 0.6 is 0 Å². The molecule has 1 saturated heterocycles. The number of esters is 1. The second-order valence-corrected chi connectivity index (χ2v) is 7.25. The average Bonchev–Trinajstić information content (AvgIpc) is 2.87. The van der Waals surface area contributed by atoms with Crippen LogP contribution in [0.15, 0.2) is 18.2 Å². The number of hydrogen-bond donors (Lipinski definition) is 0. The van der Waals surface area contributed by atoms with Gasteiger partial charge in [0, 0.05) is 6.54 Å². The molecule has 6 heteroatoms. The highest BCUT2D eigenvalue weighted by atomic mass is 16.5. The van der Waals surface area contributed by atoms with Crippen molar-refractivity contribution in [3.8, 4) is 5.75 Å². The van der Waals surface area contributed by atoms with E-state index < -0.39 is 28.6 Å². The molecule has 2 heterocycles. The van der Waals surface area contributed by atoms with E-state index in [2.05, 4.69) is 0 Å². The van der Waals surface area contributed by atoms with Crippen LogP contribution in [0.4, 0.5) is 0 Å². The van der Waals surface area contributed by atoms with E-state index in [1.165, 1.54) is 0 Å². The molecular weight excluding hydrogens is 334 g/mol. The number of hydrogen-bond acceptors (Lipinski definition) is 5. The first-order valence-corrected chi connectivity index (χ1v) is 9.24.